The van der Waals surface area contributed by atoms with Crippen LogP contribution in [0.25, 0.3) is 0 Å². The summed E-state index contributed by atoms with van der Waals surface area (Å²) in [5.41, 5.74) is 0.725. The molecule has 0 bridgehead atoms. The highest BCUT2D eigenvalue weighted by Crippen LogP contribution is 2.16. The molecule has 5 nitrogen and oxygen atoms in total. The molecule has 0 spiro atoms. The van der Waals surface area contributed by atoms with E-state index in [9.17, 15) is 12.8 Å². The van der Waals surface area contributed by atoms with Gasteiger partial charge in [0.25, 0.3) is 9.05 Å². The first-order valence-corrected chi connectivity index (χ1v) is 7.78. The van der Waals surface area contributed by atoms with Crippen LogP contribution in [0.3, 0.4) is 0 Å². The lowest BCUT2D eigenvalue weighted by Crippen LogP contribution is -2.01. The Kier molecular flexibility index (Phi) is 3.79. The smallest absolute Gasteiger partial charge is 0.280 e. The first-order valence-electron chi connectivity index (χ1n) is 5.47. The number of hydrogen-bond acceptors (Lipinski definition) is 4. The Labute approximate surface area is 119 Å². The number of halogens is 2. The minimum absolute atomic E-state index is 0.192. The van der Waals surface area contributed by atoms with E-state index in [0.29, 0.717) is 11.4 Å². The van der Waals surface area contributed by atoms with Crippen LogP contribution in [0.5, 0.6) is 0 Å². The van der Waals surface area contributed by atoms with Gasteiger partial charge in [0.15, 0.2) is 5.03 Å². The monoisotopic (exact) mass is 313 g/mol. The van der Waals surface area contributed by atoms with Gasteiger partial charge in [-0.15, -0.1) is 0 Å². The summed E-state index contributed by atoms with van der Waals surface area (Å²) >= 11 is 0. The molecule has 0 radical (unpaired) electrons. The molecule has 1 heterocycles. The number of imidazole rings is 1. The van der Waals surface area contributed by atoms with Crippen LogP contribution in [0, 0.1) is 24.1 Å². The van der Waals surface area contributed by atoms with Crippen LogP contribution in [-0.2, 0) is 15.6 Å². The van der Waals surface area contributed by atoms with Crippen molar-refractivity contribution in [2.45, 2.75) is 18.5 Å². The molecule has 0 fully saturated rings. The summed E-state index contributed by atoms with van der Waals surface area (Å²) in [6.07, 6.45) is 1.27. The zero-order valence-electron chi connectivity index (χ0n) is 10.3. The number of nitriles is 1. The van der Waals surface area contributed by atoms with Crippen molar-refractivity contribution in [3.05, 3.63) is 47.2 Å². The average Bonchev–Trinajstić information content (AvgIpc) is 2.70. The van der Waals surface area contributed by atoms with Gasteiger partial charge in [0, 0.05) is 23.4 Å². The Hall–Kier alpha value is -1.91. The first-order chi connectivity index (χ1) is 9.29. The third-order valence-electron chi connectivity index (χ3n) is 2.64. The molecular formula is C12H9ClFN3O2S. The second-order valence-corrected chi connectivity index (χ2v) is 6.66. The minimum Gasteiger partial charge on any atom is -0.329 e. The molecule has 0 saturated heterocycles. The van der Waals surface area contributed by atoms with E-state index in [4.69, 9.17) is 15.9 Å². The molecule has 1 aromatic heterocycles. The molecule has 2 aromatic rings. The van der Waals surface area contributed by atoms with Crippen LogP contribution < -0.4 is 0 Å². The van der Waals surface area contributed by atoms with E-state index in [-0.39, 0.29) is 17.1 Å². The van der Waals surface area contributed by atoms with Gasteiger partial charge in [-0.05, 0) is 30.7 Å². The SMILES string of the molecule is Cc1nc(S(=O)(=O)Cl)cn1Cc1cc(F)cc(C#N)c1. The molecule has 104 valence electrons. The number of rotatable bonds is 3. The van der Waals surface area contributed by atoms with E-state index in [1.807, 2.05) is 6.07 Å². The predicted octanol–water partition coefficient (Wildman–Crippen LogP) is 2.18. The number of aromatic nitrogens is 2. The largest absolute Gasteiger partial charge is 0.329 e. The van der Waals surface area contributed by atoms with Crippen molar-refractivity contribution in [3.8, 4) is 6.07 Å². The maximum absolute atomic E-state index is 13.3. The lowest BCUT2D eigenvalue weighted by atomic mass is 10.1. The Morgan fingerprint density at radius 2 is 2.15 bits per heavy atom. The highest BCUT2D eigenvalue weighted by Gasteiger charge is 2.16. The van der Waals surface area contributed by atoms with E-state index in [2.05, 4.69) is 4.98 Å². The predicted molar refractivity (Wildman–Crippen MR) is 70.2 cm³/mol. The molecule has 0 aliphatic carbocycles. The van der Waals surface area contributed by atoms with Crippen molar-refractivity contribution in [2.24, 2.45) is 0 Å². The van der Waals surface area contributed by atoms with E-state index < -0.39 is 14.9 Å². The molecule has 0 aliphatic heterocycles. The van der Waals surface area contributed by atoms with E-state index in [1.54, 1.807) is 6.92 Å². The molecule has 2 rings (SSSR count). The third kappa shape index (κ3) is 3.15. The Balaban J connectivity index is 2.38. The van der Waals surface area contributed by atoms with E-state index in [1.165, 1.54) is 22.9 Å². The molecule has 0 N–H and O–H groups in total. The van der Waals surface area contributed by atoms with Gasteiger partial charge in [-0.3, -0.25) is 0 Å². The van der Waals surface area contributed by atoms with Gasteiger partial charge in [0.2, 0.25) is 0 Å². The quantitative estimate of drug-likeness (QED) is 0.814. The second kappa shape index (κ2) is 5.23. The van der Waals surface area contributed by atoms with Gasteiger partial charge in [0.05, 0.1) is 11.6 Å². The van der Waals surface area contributed by atoms with Crippen LogP contribution in [0.4, 0.5) is 4.39 Å². The number of hydrogen-bond donors (Lipinski definition) is 0. The van der Waals surface area contributed by atoms with E-state index >= 15 is 0 Å². The molecule has 0 unspecified atom stereocenters. The van der Waals surface area contributed by atoms with Crippen LogP contribution in [-0.4, -0.2) is 18.0 Å². The fourth-order valence-corrected chi connectivity index (χ4v) is 2.48. The average molecular weight is 314 g/mol. The molecule has 20 heavy (non-hydrogen) atoms. The number of aryl methyl sites for hydroxylation is 1. The summed E-state index contributed by atoms with van der Waals surface area (Å²) in [6, 6.07) is 5.78. The molecule has 0 aliphatic rings. The standard InChI is InChI=1S/C12H9ClFN3O2S/c1-8-16-12(20(13,18)19)7-17(8)6-10-2-9(5-15)3-11(14)4-10/h2-4,7H,6H2,1H3. The van der Waals surface area contributed by atoms with Crippen molar-refractivity contribution >= 4 is 19.7 Å². The van der Waals surface area contributed by atoms with Crippen LogP contribution in [0.15, 0.2) is 29.4 Å². The Bertz CT molecular complexity index is 809. The first kappa shape index (κ1) is 14.5. The molecule has 1 aromatic carbocycles. The number of nitrogens with zero attached hydrogens (tertiary/aromatic N) is 3. The molecule has 0 amide bonds. The summed E-state index contributed by atoms with van der Waals surface area (Å²) in [6.45, 7) is 1.80. The maximum atomic E-state index is 13.3. The number of benzene rings is 1. The van der Waals surface area contributed by atoms with Crippen LogP contribution in [0.1, 0.15) is 17.0 Å². The maximum Gasteiger partial charge on any atom is 0.280 e. The summed E-state index contributed by atoms with van der Waals surface area (Å²) < 4.78 is 37.2. The van der Waals surface area contributed by atoms with Gasteiger partial charge < -0.3 is 4.57 Å². The van der Waals surface area contributed by atoms with Crippen molar-refractivity contribution in [1.82, 2.24) is 9.55 Å². The molecular weight excluding hydrogens is 305 g/mol. The summed E-state index contributed by atoms with van der Waals surface area (Å²) in [5, 5.41) is 8.53. The van der Waals surface area contributed by atoms with Crippen molar-refractivity contribution < 1.29 is 12.8 Å². The highest BCUT2D eigenvalue weighted by atomic mass is 35.7. The molecule has 0 atom stereocenters. The zero-order valence-corrected chi connectivity index (χ0v) is 11.9. The van der Waals surface area contributed by atoms with E-state index in [0.717, 1.165) is 6.07 Å². The van der Waals surface area contributed by atoms with Gasteiger partial charge in [-0.1, -0.05) is 0 Å². The van der Waals surface area contributed by atoms with Crippen molar-refractivity contribution in [1.29, 1.82) is 5.26 Å². The van der Waals surface area contributed by atoms with Crippen molar-refractivity contribution in [2.75, 3.05) is 0 Å². The molecule has 0 saturated carbocycles. The van der Waals surface area contributed by atoms with Crippen molar-refractivity contribution in [3.63, 3.8) is 0 Å². The topological polar surface area (TPSA) is 75.8 Å². The fourth-order valence-electron chi connectivity index (χ4n) is 1.76. The lowest BCUT2D eigenvalue weighted by Gasteiger charge is -2.05. The van der Waals surface area contributed by atoms with Gasteiger partial charge in [-0.25, -0.2) is 17.8 Å². The highest BCUT2D eigenvalue weighted by molar-refractivity contribution is 8.13. The van der Waals surface area contributed by atoms with Gasteiger partial charge >= 0.3 is 0 Å². The summed E-state index contributed by atoms with van der Waals surface area (Å²) in [5.74, 6) is -0.103. The van der Waals surface area contributed by atoms with Gasteiger partial charge in [0.1, 0.15) is 11.6 Å². The normalized spacial score (nSPS) is 11.3. The van der Waals surface area contributed by atoms with Gasteiger partial charge in [-0.2, -0.15) is 5.26 Å². The molecule has 8 heteroatoms. The van der Waals surface area contributed by atoms with Crippen LogP contribution >= 0.6 is 10.7 Å². The zero-order chi connectivity index (χ0) is 14.9. The summed E-state index contributed by atoms with van der Waals surface area (Å²) in [4.78, 5) is 3.83. The minimum atomic E-state index is -3.90. The Morgan fingerprint density at radius 3 is 2.70 bits per heavy atom. The third-order valence-corrected chi connectivity index (χ3v) is 3.81. The fraction of sp³-hybridized carbons (Fsp3) is 0.167. The second-order valence-electron chi connectivity index (χ2n) is 4.15. The lowest BCUT2D eigenvalue weighted by molar-refractivity contribution is 0.606. The van der Waals surface area contributed by atoms with Crippen LogP contribution in [0.2, 0.25) is 0 Å². The summed E-state index contributed by atoms with van der Waals surface area (Å²) in [7, 11) is 1.31. The Morgan fingerprint density at radius 1 is 1.45 bits per heavy atom.